The van der Waals surface area contributed by atoms with E-state index in [4.69, 9.17) is 56.8 Å². The summed E-state index contributed by atoms with van der Waals surface area (Å²) in [6.07, 6.45) is -75.4. The van der Waals surface area contributed by atoms with Gasteiger partial charge in [0.05, 0.1) is 46.2 Å². The zero-order chi connectivity index (χ0) is 57.8. The molecule has 0 saturated carbocycles. The fraction of sp³-hybridized carbons (Fsp3) is 0.976. The Kier molecular flexibility index (Phi) is 24.1. The molecule has 34 atom stereocenters. The standard InChI is InChI=1S/C42H72O36/c43-1-9-17(50)23(56)29(62)37(68-9)67-8-16(75-38-30(63)24(57)18(51)10(2-44)69-38)35(77-40-32(65)26(59)20(53)12(4-46)71-40)34(76-39-31(64)25(58)19(52)11(3-45)70-39)15(7-49)74-42-36(28(61)22(55)14(6-48)73-42)78-41-33(66)27(60)21(54)13(5-47)72-41/h7,9-48,50-66H,1-6,8H2/t9-,10-,11-,12-,13-,14-,15+,16-,17-,18-,19-,20-,21-,22-,23+,24+,25+,26+,27+,28+,29-,30-,31-,32-,33-,34-,35-,36-,37+,38-,39-,40-,41-,42-/m1/s1. The molecule has 6 rings (SSSR count). The molecule has 456 valence electrons. The zero-order valence-corrected chi connectivity index (χ0v) is 40.8. The second-order valence-corrected chi connectivity index (χ2v) is 19.2. The molecule has 6 aliphatic rings. The Morgan fingerprint density at radius 3 is 0.987 bits per heavy atom. The molecule has 36 nitrogen and oxygen atoms in total. The van der Waals surface area contributed by atoms with Crippen molar-refractivity contribution in [1.29, 1.82) is 0 Å². The van der Waals surface area contributed by atoms with Gasteiger partial charge in [-0.15, -0.1) is 0 Å². The van der Waals surface area contributed by atoms with E-state index < -0.39 is 255 Å². The first kappa shape index (κ1) is 65.4. The maximum absolute atomic E-state index is 13.8. The fourth-order valence-electron chi connectivity index (χ4n) is 9.33. The van der Waals surface area contributed by atoms with E-state index in [0.29, 0.717) is 0 Å². The van der Waals surface area contributed by atoms with Crippen LogP contribution in [-0.4, -0.2) is 379 Å². The average molecular weight is 1150 g/mol. The topological polar surface area (TPSA) is 593 Å². The molecular formula is C42H72O36. The van der Waals surface area contributed by atoms with E-state index in [2.05, 4.69) is 0 Å². The Morgan fingerprint density at radius 1 is 0.321 bits per heavy atom. The molecule has 0 radical (unpaired) electrons. The van der Waals surface area contributed by atoms with Crippen LogP contribution in [-0.2, 0) is 61.6 Å². The Bertz CT molecular complexity index is 1790. The quantitative estimate of drug-likeness (QED) is 0.0423. The summed E-state index contributed by atoms with van der Waals surface area (Å²) in [7, 11) is 0. The lowest BCUT2D eigenvalue weighted by Crippen LogP contribution is -2.67. The van der Waals surface area contributed by atoms with Gasteiger partial charge in [-0.3, -0.25) is 0 Å². The second-order valence-electron chi connectivity index (χ2n) is 19.2. The van der Waals surface area contributed by atoms with Gasteiger partial charge in [0, 0.05) is 0 Å². The summed E-state index contributed by atoms with van der Waals surface area (Å²) < 4.78 is 69.0. The van der Waals surface area contributed by atoms with Crippen molar-refractivity contribution in [2.75, 3.05) is 46.2 Å². The first-order valence-corrected chi connectivity index (χ1v) is 24.4. The van der Waals surface area contributed by atoms with Gasteiger partial charge in [-0.25, -0.2) is 0 Å². The lowest BCUT2D eigenvalue weighted by Gasteiger charge is -2.48. The molecule has 0 unspecified atom stereocenters. The first-order valence-electron chi connectivity index (χ1n) is 24.4. The molecule has 0 aliphatic carbocycles. The van der Waals surface area contributed by atoms with Gasteiger partial charge in [0.25, 0.3) is 0 Å². The highest BCUT2D eigenvalue weighted by molar-refractivity contribution is 5.57. The van der Waals surface area contributed by atoms with Crippen LogP contribution in [0, 0.1) is 0 Å². The molecule has 6 saturated heterocycles. The van der Waals surface area contributed by atoms with E-state index >= 15 is 0 Å². The van der Waals surface area contributed by atoms with E-state index in [-0.39, 0.29) is 6.29 Å². The van der Waals surface area contributed by atoms with E-state index in [0.717, 1.165) is 0 Å². The third-order valence-corrected chi connectivity index (χ3v) is 14.1. The third kappa shape index (κ3) is 13.9. The Balaban J connectivity index is 1.53. The fourth-order valence-corrected chi connectivity index (χ4v) is 9.33. The van der Waals surface area contributed by atoms with Crippen LogP contribution >= 0.6 is 0 Å². The molecule has 6 fully saturated rings. The van der Waals surface area contributed by atoms with Crippen LogP contribution in [0.15, 0.2) is 0 Å². The highest BCUT2D eigenvalue weighted by Gasteiger charge is 2.57. The van der Waals surface area contributed by atoms with Crippen LogP contribution in [0.1, 0.15) is 0 Å². The van der Waals surface area contributed by atoms with Gasteiger partial charge >= 0.3 is 0 Å². The summed E-state index contributed by atoms with van der Waals surface area (Å²) in [4.78, 5) is 13.8. The highest BCUT2D eigenvalue weighted by Crippen LogP contribution is 2.36. The van der Waals surface area contributed by atoms with E-state index in [1.54, 1.807) is 0 Å². The summed E-state index contributed by atoms with van der Waals surface area (Å²) in [6, 6.07) is 0. The van der Waals surface area contributed by atoms with Gasteiger partial charge in [-0.05, 0) is 0 Å². The summed E-state index contributed by atoms with van der Waals surface area (Å²) >= 11 is 0. The van der Waals surface area contributed by atoms with Crippen LogP contribution in [0.5, 0.6) is 0 Å². The lowest BCUT2D eigenvalue weighted by atomic mass is 9.96. The van der Waals surface area contributed by atoms with Gasteiger partial charge in [0.15, 0.2) is 44.0 Å². The van der Waals surface area contributed by atoms with E-state index in [1.807, 2.05) is 0 Å². The van der Waals surface area contributed by atoms with Crippen LogP contribution < -0.4 is 0 Å². The van der Waals surface area contributed by atoms with Crippen molar-refractivity contribution < 1.29 is 179 Å². The highest BCUT2D eigenvalue weighted by atomic mass is 16.8. The molecule has 23 N–H and O–H groups in total. The molecule has 0 aromatic rings. The smallest absolute Gasteiger partial charge is 0.188 e. The SMILES string of the molecule is O=C[C@H](O[C@H]1O[C@H](CO)[C@@H](O)[C@H](O)[C@H]1O[C@H]1O[C@H](CO)[C@@H](O)[C@H](O)[C@H]1O)[C@@H](O[C@H]1O[C@H](CO)[C@@H](O)[C@H](O)[C@H]1O)[C@H](O[C@H]1O[C@H](CO)[C@@H](O)[C@H](O)[C@H]1O)[C@@H](CO[C@H]1O[C@H](CO)[C@@H](O)[C@H](O)[C@H]1O)O[C@H]1O[C@H](CO)[C@@H](O)[C@H](O)[C@H]1O. The van der Waals surface area contributed by atoms with Crippen LogP contribution in [0.4, 0.5) is 0 Å². The largest absolute Gasteiger partial charge is 0.394 e. The van der Waals surface area contributed by atoms with Crippen molar-refractivity contribution in [2.24, 2.45) is 0 Å². The third-order valence-electron chi connectivity index (χ3n) is 14.1. The number of aldehydes is 1. The number of ether oxygens (including phenoxy) is 12. The van der Waals surface area contributed by atoms with Crippen molar-refractivity contribution in [2.45, 2.75) is 209 Å². The number of aliphatic hydroxyl groups is 23. The zero-order valence-electron chi connectivity index (χ0n) is 40.8. The van der Waals surface area contributed by atoms with E-state index in [1.165, 1.54) is 0 Å². The van der Waals surface area contributed by atoms with Gasteiger partial charge < -0.3 is 179 Å². The number of hydrogen-bond donors (Lipinski definition) is 23. The second kappa shape index (κ2) is 28.7. The Hall–Kier alpha value is -1.73. The van der Waals surface area contributed by atoms with Crippen LogP contribution in [0.2, 0.25) is 0 Å². The molecule has 0 spiro atoms. The predicted molar refractivity (Wildman–Crippen MR) is 233 cm³/mol. The van der Waals surface area contributed by atoms with Crippen LogP contribution in [0.25, 0.3) is 0 Å². The van der Waals surface area contributed by atoms with Gasteiger partial charge in [-0.1, -0.05) is 0 Å². The minimum atomic E-state index is -2.68. The van der Waals surface area contributed by atoms with E-state index in [9.17, 15) is 122 Å². The molecule has 36 heteroatoms. The maximum Gasteiger partial charge on any atom is 0.188 e. The predicted octanol–water partition coefficient (Wildman–Crippen LogP) is -16.4. The number of aliphatic hydroxyl groups excluding tert-OH is 23. The lowest BCUT2D eigenvalue weighted by molar-refractivity contribution is -0.387. The number of carbonyl (C=O) groups excluding carboxylic acids is 1. The van der Waals surface area contributed by atoms with Crippen molar-refractivity contribution in [3.63, 3.8) is 0 Å². The monoisotopic (exact) mass is 1150 g/mol. The normalized spacial score (nSPS) is 49.2. The Morgan fingerprint density at radius 2 is 0.615 bits per heavy atom. The summed E-state index contributed by atoms with van der Waals surface area (Å²) in [5.74, 6) is 0. The van der Waals surface area contributed by atoms with Crippen LogP contribution in [0.3, 0.4) is 0 Å². The number of carbonyl (C=O) groups is 1. The Labute approximate surface area is 439 Å². The van der Waals surface area contributed by atoms with Gasteiger partial charge in [-0.2, -0.15) is 0 Å². The van der Waals surface area contributed by atoms with Gasteiger partial charge in [0.1, 0.15) is 171 Å². The number of rotatable bonds is 23. The molecule has 0 aromatic heterocycles. The molecular weight excluding hydrogens is 1080 g/mol. The molecule has 78 heavy (non-hydrogen) atoms. The summed E-state index contributed by atoms with van der Waals surface area (Å²) in [5, 5.41) is 245. The summed E-state index contributed by atoms with van der Waals surface area (Å²) in [6.45, 7) is -7.92. The van der Waals surface area contributed by atoms with Crippen molar-refractivity contribution in [1.82, 2.24) is 0 Å². The molecule has 0 bridgehead atoms. The maximum atomic E-state index is 13.8. The van der Waals surface area contributed by atoms with Crippen molar-refractivity contribution >= 4 is 6.29 Å². The minimum absolute atomic E-state index is 0.207. The first-order chi connectivity index (χ1) is 36.9. The minimum Gasteiger partial charge on any atom is -0.394 e. The van der Waals surface area contributed by atoms with Crippen molar-refractivity contribution in [3.05, 3.63) is 0 Å². The average Bonchev–Trinajstić information content (AvgIpc) is 3.45. The number of hydrogen-bond acceptors (Lipinski definition) is 36. The van der Waals surface area contributed by atoms with Crippen molar-refractivity contribution in [3.8, 4) is 0 Å². The molecule has 6 aliphatic heterocycles. The van der Waals surface area contributed by atoms with Gasteiger partial charge in [0.2, 0.25) is 0 Å². The molecule has 6 heterocycles. The molecule has 0 amide bonds. The molecule has 0 aromatic carbocycles. The summed E-state index contributed by atoms with van der Waals surface area (Å²) in [5.41, 5.74) is 0.